The first-order valence-corrected chi connectivity index (χ1v) is 8.97. The molecule has 0 aliphatic carbocycles. The number of carbonyl (C=O) groups excluding carboxylic acids is 1. The summed E-state index contributed by atoms with van der Waals surface area (Å²) in [6.45, 7) is 3.77. The van der Waals surface area contributed by atoms with Gasteiger partial charge in [-0.25, -0.2) is 0 Å². The lowest BCUT2D eigenvalue weighted by molar-refractivity contribution is -0.132. The van der Waals surface area contributed by atoms with Crippen LogP contribution in [-0.4, -0.2) is 73.7 Å². The molecule has 1 fully saturated rings. The fraction of sp³-hybridized carbons (Fsp3) is 0.588. The highest BCUT2D eigenvalue weighted by Gasteiger charge is 2.25. The molecule has 1 aromatic carbocycles. The second-order valence-electron chi connectivity index (χ2n) is 6.20. The Kier molecular flexibility index (Phi) is 6.29. The number of amides is 1. The van der Waals surface area contributed by atoms with E-state index in [-0.39, 0.29) is 5.91 Å². The van der Waals surface area contributed by atoms with Crippen molar-refractivity contribution < 1.29 is 4.79 Å². The summed E-state index contributed by atoms with van der Waals surface area (Å²) in [5, 5.41) is 0. The predicted molar refractivity (Wildman–Crippen MR) is 93.2 cm³/mol. The van der Waals surface area contributed by atoms with E-state index < -0.39 is 0 Å². The predicted octanol–water partition coefficient (Wildman–Crippen LogP) is 2.00. The number of carbonyl (C=O) groups is 1. The highest BCUT2D eigenvalue weighted by molar-refractivity contribution is 7.98. The molecule has 1 atom stereocenters. The molecule has 4 nitrogen and oxygen atoms in total. The Morgan fingerprint density at radius 1 is 1.36 bits per heavy atom. The third-order valence-corrected chi connectivity index (χ3v) is 5.10. The van der Waals surface area contributed by atoms with Gasteiger partial charge in [-0.2, -0.15) is 0 Å². The van der Waals surface area contributed by atoms with Gasteiger partial charge in [0.05, 0.1) is 0 Å². The van der Waals surface area contributed by atoms with Gasteiger partial charge in [0.15, 0.2) is 0 Å². The number of nitrogens with zero attached hydrogens (tertiary/aromatic N) is 3. The van der Waals surface area contributed by atoms with Crippen molar-refractivity contribution in [3.05, 3.63) is 29.8 Å². The van der Waals surface area contributed by atoms with E-state index in [1.54, 1.807) is 11.8 Å². The third-order valence-electron chi connectivity index (χ3n) is 4.37. The van der Waals surface area contributed by atoms with Crippen molar-refractivity contribution >= 4 is 17.7 Å². The van der Waals surface area contributed by atoms with Crippen molar-refractivity contribution in [3.63, 3.8) is 0 Å². The van der Waals surface area contributed by atoms with Crippen LogP contribution in [0.5, 0.6) is 0 Å². The number of piperazine rings is 1. The van der Waals surface area contributed by atoms with Crippen molar-refractivity contribution in [2.75, 3.05) is 47.0 Å². The number of hydrogen-bond donors (Lipinski definition) is 0. The van der Waals surface area contributed by atoms with E-state index >= 15 is 0 Å². The molecule has 1 aliphatic rings. The van der Waals surface area contributed by atoms with Gasteiger partial charge in [-0.3, -0.25) is 4.79 Å². The Balaban J connectivity index is 1.91. The molecule has 0 N–H and O–H groups in total. The maximum atomic E-state index is 12.5. The Bertz CT molecular complexity index is 508. The van der Waals surface area contributed by atoms with Crippen LogP contribution in [0.3, 0.4) is 0 Å². The minimum Gasteiger partial charge on any atom is -0.341 e. The molecule has 0 aromatic heterocycles. The molecule has 0 radical (unpaired) electrons. The van der Waals surface area contributed by atoms with Crippen molar-refractivity contribution in [1.29, 1.82) is 0 Å². The first kappa shape index (κ1) is 17.3. The molecule has 1 amide bonds. The van der Waals surface area contributed by atoms with E-state index in [4.69, 9.17) is 0 Å². The smallest absolute Gasteiger partial charge is 0.224 e. The van der Waals surface area contributed by atoms with E-state index in [0.29, 0.717) is 19.0 Å². The zero-order valence-corrected chi connectivity index (χ0v) is 14.9. The molecule has 22 heavy (non-hydrogen) atoms. The number of rotatable bonds is 5. The fourth-order valence-electron chi connectivity index (χ4n) is 2.81. The van der Waals surface area contributed by atoms with Gasteiger partial charge in [-0.15, -0.1) is 11.8 Å². The number of hydrogen-bond acceptors (Lipinski definition) is 4. The van der Waals surface area contributed by atoms with Crippen LogP contribution in [0.15, 0.2) is 29.2 Å². The average molecular weight is 321 g/mol. The van der Waals surface area contributed by atoms with E-state index in [2.05, 4.69) is 54.4 Å². The van der Waals surface area contributed by atoms with Gasteiger partial charge in [0.2, 0.25) is 5.91 Å². The lowest BCUT2D eigenvalue weighted by atomic mass is 10.1. The summed E-state index contributed by atoms with van der Waals surface area (Å²) in [6.07, 6.45) is 2.67. The molecule has 1 aromatic rings. The summed E-state index contributed by atoms with van der Waals surface area (Å²) in [4.78, 5) is 20.2. The summed E-state index contributed by atoms with van der Waals surface area (Å²) < 4.78 is 0. The molecule has 1 saturated heterocycles. The SMILES string of the molecule is CSc1cccc(CN(C)C(=O)C[C@@H]2CN(C)CCN2C)c1. The third kappa shape index (κ3) is 4.73. The van der Waals surface area contributed by atoms with Gasteiger partial charge in [-0.1, -0.05) is 12.1 Å². The summed E-state index contributed by atoms with van der Waals surface area (Å²) in [7, 11) is 6.15. The Morgan fingerprint density at radius 3 is 2.86 bits per heavy atom. The van der Waals surface area contributed by atoms with Gasteiger partial charge in [0, 0.05) is 50.6 Å². The maximum absolute atomic E-state index is 12.5. The quantitative estimate of drug-likeness (QED) is 0.775. The second-order valence-corrected chi connectivity index (χ2v) is 7.08. The molecular formula is C17H27N3OS. The maximum Gasteiger partial charge on any atom is 0.224 e. The zero-order valence-electron chi connectivity index (χ0n) is 14.1. The highest BCUT2D eigenvalue weighted by Crippen LogP contribution is 2.17. The van der Waals surface area contributed by atoms with Gasteiger partial charge in [0.1, 0.15) is 0 Å². The fourth-order valence-corrected chi connectivity index (χ4v) is 3.30. The van der Waals surface area contributed by atoms with Crippen LogP contribution < -0.4 is 0 Å². The molecule has 0 saturated carbocycles. The zero-order chi connectivity index (χ0) is 16.1. The molecule has 0 bridgehead atoms. The molecule has 122 valence electrons. The molecule has 1 aliphatic heterocycles. The first-order valence-electron chi connectivity index (χ1n) is 7.75. The lowest BCUT2D eigenvalue weighted by Gasteiger charge is -2.38. The van der Waals surface area contributed by atoms with Crippen molar-refractivity contribution in [1.82, 2.24) is 14.7 Å². The number of likely N-dealkylation sites (N-methyl/N-ethyl adjacent to an activating group) is 2. The van der Waals surface area contributed by atoms with Crippen LogP contribution >= 0.6 is 11.8 Å². The van der Waals surface area contributed by atoms with Crippen LogP contribution in [0.1, 0.15) is 12.0 Å². The van der Waals surface area contributed by atoms with Crippen molar-refractivity contribution in [2.24, 2.45) is 0 Å². The standard InChI is InChI=1S/C17H27N3OS/c1-18-8-9-19(2)15(13-18)11-17(21)20(3)12-14-6-5-7-16(10-14)22-4/h5-7,10,15H,8-9,11-13H2,1-4H3/t15-/m1/s1. The summed E-state index contributed by atoms with van der Waals surface area (Å²) in [5.74, 6) is 0.224. The van der Waals surface area contributed by atoms with E-state index in [1.165, 1.54) is 10.5 Å². The second kappa shape index (κ2) is 7.99. The first-order chi connectivity index (χ1) is 10.5. The normalized spacial score (nSPS) is 20.1. The topological polar surface area (TPSA) is 26.8 Å². The largest absolute Gasteiger partial charge is 0.341 e. The molecular weight excluding hydrogens is 294 g/mol. The molecule has 2 rings (SSSR count). The van der Waals surface area contributed by atoms with Crippen LogP contribution in [0.25, 0.3) is 0 Å². The minimum atomic E-state index is 0.224. The van der Waals surface area contributed by atoms with E-state index in [0.717, 1.165) is 19.6 Å². The summed E-state index contributed by atoms with van der Waals surface area (Å²) in [5.41, 5.74) is 1.19. The Morgan fingerprint density at radius 2 is 2.14 bits per heavy atom. The van der Waals surface area contributed by atoms with E-state index in [1.807, 2.05) is 11.9 Å². The van der Waals surface area contributed by atoms with Crippen LogP contribution in [-0.2, 0) is 11.3 Å². The molecule has 5 heteroatoms. The molecule has 0 spiro atoms. The number of benzene rings is 1. The minimum absolute atomic E-state index is 0.224. The van der Waals surface area contributed by atoms with Crippen molar-refractivity contribution in [3.8, 4) is 0 Å². The average Bonchev–Trinajstić information content (AvgIpc) is 2.51. The molecule has 1 heterocycles. The van der Waals surface area contributed by atoms with E-state index in [9.17, 15) is 4.79 Å². The summed E-state index contributed by atoms with van der Waals surface area (Å²) in [6, 6.07) is 8.73. The van der Waals surface area contributed by atoms with Crippen LogP contribution in [0.4, 0.5) is 0 Å². The van der Waals surface area contributed by atoms with Crippen molar-refractivity contribution in [2.45, 2.75) is 23.9 Å². The highest BCUT2D eigenvalue weighted by atomic mass is 32.2. The lowest BCUT2D eigenvalue weighted by Crippen LogP contribution is -2.51. The Hall–Kier alpha value is -1.04. The number of thioether (sulfide) groups is 1. The molecule has 0 unspecified atom stereocenters. The van der Waals surface area contributed by atoms with Crippen LogP contribution in [0.2, 0.25) is 0 Å². The van der Waals surface area contributed by atoms with Gasteiger partial charge >= 0.3 is 0 Å². The van der Waals surface area contributed by atoms with Gasteiger partial charge in [0.25, 0.3) is 0 Å². The monoisotopic (exact) mass is 321 g/mol. The van der Waals surface area contributed by atoms with Gasteiger partial charge < -0.3 is 14.7 Å². The Labute approximate surface area is 138 Å². The van der Waals surface area contributed by atoms with Crippen LogP contribution in [0, 0.1) is 0 Å². The summed E-state index contributed by atoms with van der Waals surface area (Å²) >= 11 is 1.73. The van der Waals surface area contributed by atoms with Gasteiger partial charge in [-0.05, 0) is 38.0 Å².